The summed E-state index contributed by atoms with van der Waals surface area (Å²) in [6.45, 7) is 6.22. The predicted molar refractivity (Wildman–Crippen MR) is 137 cm³/mol. The number of nitrogens with zero attached hydrogens (tertiary/aromatic N) is 4. The number of imidazole rings is 1. The lowest BCUT2D eigenvalue weighted by molar-refractivity contribution is 0.414. The predicted octanol–water partition coefficient (Wildman–Crippen LogP) is 5.78. The average molecular weight is 451 g/mol. The fourth-order valence-corrected chi connectivity index (χ4v) is 4.80. The van der Waals surface area contributed by atoms with Crippen LogP contribution in [0.15, 0.2) is 71.7 Å². The number of hydrogen-bond acceptors (Lipinski definition) is 5. The Hall–Kier alpha value is -4.06. The molecular formula is C28H26N4O2. The van der Waals surface area contributed by atoms with Gasteiger partial charge < -0.3 is 14.4 Å². The Morgan fingerprint density at radius 3 is 2.56 bits per heavy atom. The highest BCUT2D eigenvalue weighted by Gasteiger charge is 2.33. The van der Waals surface area contributed by atoms with Gasteiger partial charge in [0.1, 0.15) is 17.3 Å². The van der Waals surface area contributed by atoms with Gasteiger partial charge in [0.2, 0.25) is 5.90 Å². The number of anilines is 1. The van der Waals surface area contributed by atoms with Gasteiger partial charge in [0.05, 0.1) is 23.7 Å². The van der Waals surface area contributed by atoms with Crippen LogP contribution in [-0.2, 0) is 0 Å². The van der Waals surface area contributed by atoms with Crippen molar-refractivity contribution in [2.45, 2.75) is 20.0 Å². The molecule has 2 aliphatic heterocycles. The number of aliphatic imine (C=N–C) groups is 1. The number of para-hydroxylation sites is 2. The zero-order valence-electron chi connectivity index (χ0n) is 19.5. The average Bonchev–Trinajstić information content (AvgIpc) is 3.28. The van der Waals surface area contributed by atoms with E-state index in [2.05, 4.69) is 65.8 Å². The van der Waals surface area contributed by atoms with Gasteiger partial charge in [-0.2, -0.15) is 0 Å². The zero-order chi connectivity index (χ0) is 23.2. The zero-order valence-corrected chi connectivity index (χ0v) is 19.5. The number of ether oxygens (including phenoxy) is 2. The molecule has 0 saturated carbocycles. The molecule has 1 atom stereocenters. The third kappa shape index (κ3) is 3.17. The Bertz CT molecular complexity index is 1450. The van der Waals surface area contributed by atoms with Gasteiger partial charge in [0, 0.05) is 30.4 Å². The molecule has 0 aliphatic carbocycles. The molecule has 0 spiro atoms. The van der Waals surface area contributed by atoms with Crippen molar-refractivity contribution in [1.82, 2.24) is 9.55 Å². The van der Waals surface area contributed by atoms with E-state index in [1.807, 2.05) is 30.3 Å². The summed E-state index contributed by atoms with van der Waals surface area (Å²) in [4.78, 5) is 12.4. The molecule has 0 fully saturated rings. The van der Waals surface area contributed by atoms with Gasteiger partial charge in [-0.1, -0.05) is 24.3 Å². The van der Waals surface area contributed by atoms with Gasteiger partial charge in [-0.05, 0) is 61.9 Å². The number of hydrogen-bond donors (Lipinski definition) is 0. The summed E-state index contributed by atoms with van der Waals surface area (Å²) < 4.78 is 14.0. The van der Waals surface area contributed by atoms with E-state index in [1.165, 1.54) is 0 Å². The van der Waals surface area contributed by atoms with Crippen molar-refractivity contribution in [1.29, 1.82) is 0 Å². The molecule has 3 aromatic carbocycles. The minimum absolute atomic E-state index is 0.284. The number of methoxy groups -OCH3 is 1. The van der Waals surface area contributed by atoms with Crippen molar-refractivity contribution in [3.63, 3.8) is 0 Å². The smallest absolute Gasteiger partial charge is 0.228 e. The third-order valence-corrected chi connectivity index (χ3v) is 6.60. The maximum atomic E-state index is 6.44. The van der Waals surface area contributed by atoms with E-state index in [1.54, 1.807) is 7.11 Å². The van der Waals surface area contributed by atoms with Gasteiger partial charge in [0.25, 0.3) is 0 Å². The van der Waals surface area contributed by atoms with E-state index in [-0.39, 0.29) is 6.17 Å². The molecule has 6 heteroatoms. The second-order valence-corrected chi connectivity index (χ2v) is 8.43. The largest absolute Gasteiger partial charge is 0.497 e. The number of benzene rings is 3. The molecule has 6 rings (SSSR count). The van der Waals surface area contributed by atoms with Gasteiger partial charge in [-0.25, -0.2) is 9.98 Å². The van der Waals surface area contributed by atoms with Crippen molar-refractivity contribution in [2.24, 2.45) is 4.99 Å². The second-order valence-electron chi connectivity index (χ2n) is 8.43. The van der Waals surface area contributed by atoms with E-state index >= 15 is 0 Å². The molecule has 0 saturated heterocycles. The van der Waals surface area contributed by atoms with Crippen LogP contribution < -0.4 is 14.4 Å². The van der Waals surface area contributed by atoms with Gasteiger partial charge in [-0.3, -0.25) is 4.57 Å². The van der Waals surface area contributed by atoms with Crippen LogP contribution in [0.25, 0.3) is 22.7 Å². The van der Waals surface area contributed by atoms with Crippen LogP contribution >= 0.6 is 0 Å². The van der Waals surface area contributed by atoms with E-state index in [0.717, 1.165) is 63.8 Å². The minimum atomic E-state index is -0.284. The highest BCUT2D eigenvalue weighted by Crippen LogP contribution is 2.41. The number of fused-ring (bicyclic) bond motifs is 6. The second kappa shape index (κ2) is 8.06. The topological polar surface area (TPSA) is 51.9 Å². The summed E-state index contributed by atoms with van der Waals surface area (Å²) in [6, 6.07) is 22.6. The monoisotopic (exact) mass is 450 g/mol. The molecule has 1 unspecified atom stereocenters. The first kappa shape index (κ1) is 20.5. The summed E-state index contributed by atoms with van der Waals surface area (Å²) in [7, 11) is 1.67. The van der Waals surface area contributed by atoms with E-state index in [9.17, 15) is 0 Å². The summed E-state index contributed by atoms with van der Waals surface area (Å²) >= 11 is 0. The first-order valence-electron chi connectivity index (χ1n) is 11.7. The Morgan fingerprint density at radius 1 is 1.00 bits per heavy atom. The van der Waals surface area contributed by atoms with Crippen LogP contribution in [0.2, 0.25) is 0 Å². The summed E-state index contributed by atoms with van der Waals surface area (Å²) in [6.07, 6.45) is 1.86. The van der Waals surface area contributed by atoms with Crippen molar-refractivity contribution >= 4 is 34.3 Å². The molecule has 0 bridgehead atoms. The molecule has 0 amide bonds. The minimum Gasteiger partial charge on any atom is -0.497 e. The molecule has 34 heavy (non-hydrogen) atoms. The molecule has 4 aromatic rings. The summed E-state index contributed by atoms with van der Waals surface area (Å²) in [5.74, 6) is 3.11. The van der Waals surface area contributed by atoms with Gasteiger partial charge >= 0.3 is 0 Å². The van der Waals surface area contributed by atoms with Crippen LogP contribution in [0.5, 0.6) is 11.5 Å². The quantitative estimate of drug-likeness (QED) is 0.387. The van der Waals surface area contributed by atoms with Crippen molar-refractivity contribution < 1.29 is 9.47 Å². The van der Waals surface area contributed by atoms with Crippen LogP contribution in [0.1, 0.15) is 37.0 Å². The van der Waals surface area contributed by atoms with E-state index in [4.69, 9.17) is 19.5 Å². The molecule has 1 aromatic heterocycles. The SMILES string of the molecule is CCN(CC)c1ccc2c(c1)OC1=NC(c3ccc(OC)cc3)n3c(nc4ccccc43)C1=C2. The highest BCUT2D eigenvalue weighted by atomic mass is 16.5. The molecule has 0 N–H and O–H groups in total. The molecule has 170 valence electrons. The lowest BCUT2D eigenvalue weighted by atomic mass is 10.0. The maximum Gasteiger partial charge on any atom is 0.228 e. The Balaban J connectivity index is 1.53. The lowest BCUT2D eigenvalue weighted by Gasteiger charge is -2.29. The van der Waals surface area contributed by atoms with Gasteiger partial charge in [-0.15, -0.1) is 0 Å². The van der Waals surface area contributed by atoms with Crippen LogP contribution in [0, 0.1) is 0 Å². The molecule has 3 heterocycles. The third-order valence-electron chi connectivity index (χ3n) is 6.60. The highest BCUT2D eigenvalue weighted by molar-refractivity contribution is 6.26. The first-order valence-corrected chi connectivity index (χ1v) is 11.7. The summed E-state index contributed by atoms with van der Waals surface area (Å²) in [5, 5.41) is 0. The van der Waals surface area contributed by atoms with Crippen LogP contribution in [0.4, 0.5) is 5.69 Å². The molecule has 2 aliphatic rings. The summed E-state index contributed by atoms with van der Waals surface area (Å²) in [5.41, 5.74) is 6.12. The van der Waals surface area contributed by atoms with E-state index in [0.29, 0.717) is 5.90 Å². The Kier molecular flexibility index (Phi) is 4.87. The Labute approximate surface area is 198 Å². The molecular weight excluding hydrogens is 424 g/mol. The first-order chi connectivity index (χ1) is 16.7. The lowest BCUT2D eigenvalue weighted by Crippen LogP contribution is -2.27. The van der Waals surface area contributed by atoms with Crippen LogP contribution in [-0.4, -0.2) is 35.6 Å². The van der Waals surface area contributed by atoms with Crippen molar-refractivity contribution in [3.05, 3.63) is 83.7 Å². The Morgan fingerprint density at radius 2 is 1.79 bits per heavy atom. The van der Waals surface area contributed by atoms with Gasteiger partial charge in [0.15, 0.2) is 6.17 Å². The van der Waals surface area contributed by atoms with Crippen molar-refractivity contribution in [2.75, 3.05) is 25.1 Å². The fourth-order valence-electron chi connectivity index (χ4n) is 4.80. The fraction of sp³-hybridized carbons (Fsp3) is 0.214. The maximum absolute atomic E-state index is 6.44. The standard InChI is InChI=1S/C28H26N4O2/c1-4-31(5-2)20-13-10-19-16-22-27-29-23-8-6-7-9-24(23)32(27)26(30-28(22)34-25(19)17-20)18-11-14-21(33-3)15-12-18/h6-17,26H,4-5H2,1-3H3. The number of rotatable bonds is 5. The molecule has 6 nitrogen and oxygen atoms in total. The number of aromatic nitrogens is 2. The van der Waals surface area contributed by atoms with Crippen molar-refractivity contribution in [3.8, 4) is 11.5 Å². The normalized spacial score (nSPS) is 16.0. The van der Waals surface area contributed by atoms with E-state index < -0.39 is 0 Å². The molecule has 0 radical (unpaired) electrons. The van der Waals surface area contributed by atoms with Crippen LogP contribution in [0.3, 0.4) is 0 Å².